The lowest BCUT2D eigenvalue weighted by Gasteiger charge is -2.31. The number of nitrogens with one attached hydrogen (secondary N) is 8. The average Bonchev–Trinajstić information content (AvgIpc) is 3.87. The van der Waals surface area contributed by atoms with Gasteiger partial charge in [0.25, 0.3) is 0 Å². The number of hydrogen-bond donors (Lipinski definition) is 13. The van der Waals surface area contributed by atoms with Crippen molar-refractivity contribution in [3.63, 3.8) is 0 Å². The summed E-state index contributed by atoms with van der Waals surface area (Å²) in [7, 11) is 2.05. The lowest BCUT2D eigenvalue weighted by atomic mass is 9.96. The van der Waals surface area contributed by atoms with E-state index in [0.29, 0.717) is 18.4 Å². The number of amides is 11. The molecular formula is C48H77N13O12S2. The molecule has 0 radical (unpaired) electrons. The zero-order valence-corrected chi connectivity index (χ0v) is 44.7. The number of aromatic hydroxyl groups is 1. The van der Waals surface area contributed by atoms with Gasteiger partial charge < -0.3 is 75.5 Å². The molecule has 0 bridgehead atoms. The Morgan fingerprint density at radius 2 is 1.36 bits per heavy atom. The molecule has 4 rings (SSSR count). The third-order valence-electron chi connectivity index (χ3n) is 12.5. The number of nitrogens with two attached hydrogens (primary N) is 4. The number of carbonyl (C=O) groups excluding carboxylic acids is 11. The first-order valence-corrected chi connectivity index (χ1v) is 27.7. The second-order valence-corrected chi connectivity index (χ2v) is 21.8. The third kappa shape index (κ3) is 22.3. The highest BCUT2D eigenvalue weighted by atomic mass is 33.1. The second-order valence-electron chi connectivity index (χ2n) is 19.2. The summed E-state index contributed by atoms with van der Waals surface area (Å²) in [5.74, 6) is -10.4. The summed E-state index contributed by atoms with van der Waals surface area (Å²) >= 11 is 0. The van der Waals surface area contributed by atoms with Gasteiger partial charge in [0.15, 0.2) is 0 Å². The molecule has 25 nitrogen and oxygen atoms in total. The van der Waals surface area contributed by atoms with Gasteiger partial charge >= 0.3 is 0 Å². The van der Waals surface area contributed by atoms with Crippen LogP contribution in [-0.2, 0) is 59.2 Å². The van der Waals surface area contributed by atoms with Crippen LogP contribution in [0.2, 0.25) is 0 Å². The van der Waals surface area contributed by atoms with Gasteiger partial charge in [0.05, 0.1) is 19.0 Å². The van der Waals surface area contributed by atoms with Crippen LogP contribution in [0.15, 0.2) is 24.3 Å². The first-order valence-electron chi connectivity index (χ1n) is 25.2. The van der Waals surface area contributed by atoms with Crippen molar-refractivity contribution in [1.29, 1.82) is 0 Å². The highest BCUT2D eigenvalue weighted by molar-refractivity contribution is 8.76. The predicted molar refractivity (Wildman–Crippen MR) is 281 cm³/mol. The molecule has 3 heterocycles. The maximum Gasteiger partial charge on any atom is 0.246 e. The number of primary amides is 3. The Labute approximate surface area is 444 Å². The first kappa shape index (κ1) is 63.1. The normalized spacial score (nSPS) is 24.3. The van der Waals surface area contributed by atoms with E-state index >= 15 is 0 Å². The Hall–Kier alpha value is -6.19. The summed E-state index contributed by atoms with van der Waals surface area (Å²) in [6.45, 7) is 9.10. The molecule has 3 saturated heterocycles. The van der Waals surface area contributed by atoms with E-state index in [1.165, 1.54) is 61.5 Å². The van der Waals surface area contributed by atoms with Gasteiger partial charge in [-0.1, -0.05) is 74.3 Å². The minimum absolute atomic E-state index is 0.0468. The molecule has 0 spiro atoms. The quantitative estimate of drug-likeness (QED) is 0.0699. The predicted octanol–water partition coefficient (Wildman–Crippen LogP) is -2.85. The number of rotatable bonds is 17. The van der Waals surface area contributed by atoms with E-state index in [1.807, 2.05) is 13.8 Å². The Morgan fingerprint density at radius 3 is 1.93 bits per heavy atom. The van der Waals surface area contributed by atoms with E-state index in [2.05, 4.69) is 42.5 Å². The number of phenolic OH excluding ortho intramolecular Hbond substituents is 1. The van der Waals surface area contributed by atoms with E-state index < -0.39 is 145 Å². The monoisotopic (exact) mass is 1090 g/mol. The maximum atomic E-state index is 14.5. The highest BCUT2D eigenvalue weighted by Gasteiger charge is 2.41. The van der Waals surface area contributed by atoms with Crippen molar-refractivity contribution in [1.82, 2.24) is 47.4 Å². The smallest absolute Gasteiger partial charge is 0.246 e. The standard InChI is InChI=1S/C43H66N12O12S2.C5H11N/c1-5-22(4)35-42(66)49-26(12-13-32(45)57)38(62)51-29(17-33(46)58)39(63)53-30(20-69-68-19-25(44)36(60)50-28(40(64)54-35)16-23-8-10-24(56)11-9-23)43(67)55-14-6-7-31(55)41(65)52-27(15-21(2)3)37(61)48-18-34(47)59;1-2-4-6-5-3-1/h8-11,21-22,25-31,35,56H,5-7,12-20,44H2,1-4H3,(H2,45,57)(H2,46,58)(H2,47,59)(H,48,61)(H,49,66)(H,50,60)(H,51,62)(H,52,65)(H,53,63)(H,54,64);6H,1-5H2/t22-,25-,26-,27-,28-,29-,30-,31-,35-;/m0./s1. The number of carbonyl (C=O) groups is 11. The van der Waals surface area contributed by atoms with Crippen LogP contribution in [0.3, 0.4) is 0 Å². The topological polar surface area (TPSA) is 412 Å². The van der Waals surface area contributed by atoms with E-state index in [-0.39, 0.29) is 49.0 Å². The lowest BCUT2D eigenvalue weighted by Crippen LogP contribution is -2.61. The molecule has 0 aliphatic carbocycles. The van der Waals surface area contributed by atoms with E-state index in [0.717, 1.165) is 21.6 Å². The zero-order valence-electron chi connectivity index (χ0n) is 43.1. The fraction of sp³-hybridized carbons (Fsp3) is 0.646. The fourth-order valence-corrected chi connectivity index (χ4v) is 10.4. The fourth-order valence-electron chi connectivity index (χ4n) is 8.14. The Morgan fingerprint density at radius 1 is 0.747 bits per heavy atom. The molecule has 0 saturated carbocycles. The van der Waals surface area contributed by atoms with Gasteiger partial charge in [0.2, 0.25) is 65.0 Å². The average molecular weight is 1090 g/mol. The molecule has 9 atom stereocenters. The van der Waals surface area contributed by atoms with Gasteiger partial charge in [0, 0.05) is 30.9 Å². The molecule has 3 fully saturated rings. The summed E-state index contributed by atoms with van der Waals surface area (Å²) < 4.78 is 0. The van der Waals surface area contributed by atoms with Crippen LogP contribution in [0.1, 0.15) is 97.5 Å². The van der Waals surface area contributed by atoms with Crippen LogP contribution in [-0.4, -0.2) is 161 Å². The third-order valence-corrected chi connectivity index (χ3v) is 14.9. The summed E-state index contributed by atoms with van der Waals surface area (Å²) in [5, 5.41) is 31.0. The van der Waals surface area contributed by atoms with Crippen molar-refractivity contribution in [2.75, 3.05) is 37.7 Å². The summed E-state index contributed by atoms with van der Waals surface area (Å²) in [6.07, 6.45) is 3.52. The lowest BCUT2D eigenvalue weighted by molar-refractivity contribution is -0.142. The molecule has 418 valence electrons. The minimum Gasteiger partial charge on any atom is -0.508 e. The Balaban J connectivity index is 0.00000229. The maximum absolute atomic E-state index is 14.5. The van der Waals surface area contributed by atoms with Gasteiger partial charge in [-0.3, -0.25) is 52.7 Å². The van der Waals surface area contributed by atoms with Crippen molar-refractivity contribution in [2.24, 2.45) is 34.8 Å². The Kier molecular flexibility index (Phi) is 27.2. The number of nitrogens with zero attached hydrogens (tertiary/aromatic N) is 1. The Bertz CT molecular complexity index is 2140. The summed E-state index contributed by atoms with van der Waals surface area (Å²) in [5.41, 5.74) is 22.9. The van der Waals surface area contributed by atoms with E-state index in [4.69, 9.17) is 22.9 Å². The number of hydrogen-bond acceptors (Lipinski definition) is 16. The zero-order chi connectivity index (χ0) is 55.8. The van der Waals surface area contributed by atoms with Crippen LogP contribution in [0.25, 0.3) is 0 Å². The van der Waals surface area contributed by atoms with Gasteiger partial charge in [-0.25, -0.2) is 0 Å². The summed E-state index contributed by atoms with van der Waals surface area (Å²) in [6, 6.07) is -5.05. The molecule has 1 aromatic rings. The number of benzene rings is 1. The molecule has 3 aliphatic rings. The van der Waals surface area contributed by atoms with Crippen LogP contribution in [0.5, 0.6) is 5.75 Å². The summed E-state index contributed by atoms with van der Waals surface area (Å²) in [4.78, 5) is 148. The molecule has 11 amide bonds. The molecule has 0 unspecified atom stereocenters. The second kappa shape index (κ2) is 32.3. The van der Waals surface area contributed by atoms with E-state index in [1.54, 1.807) is 13.8 Å². The van der Waals surface area contributed by atoms with Crippen LogP contribution >= 0.6 is 21.6 Å². The van der Waals surface area contributed by atoms with Crippen molar-refractivity contribution in [3.8, 4) is 5.75 Å². The molecule has 17 N–H and O–H groups in total. The molecular weight excluding hydrogens is 1010 g/mol. The van der Waals surface area contributed by atoms with Crippen LogP contribution in [0, 0.1) is 11.8 Å². The van der Waals surface area contributed by atoms with Gasteiger partial charge in [0.1, 0.15) is 48.0 Å². The van der Waals surface area contributed by atoms with Crippen molar-refractivity contribution >= 4 is 86.6 Å². The van der Waals surface area contributed by atoms with Crippen molar-refractivity contribution in [2.45, 2.75) is 147 Å². The number of likely N-dealkylation sites (tertiary alicyclic amines) is 1. The van der Waals surface area contributed by atoms with Crippen LogP contribution in [0.4, 0.5) is 0 Å². The highest BCUT2D eigenvalue weighted by Crippen LogP contribution is 2.26. The molecule has 3 aliphatic heterocycles. The number of piperidine rings is 1. The SMILES string of the molecule is C1CCNCC1.CC[C@H](C)[C@@H]1NC(=O)[C@H](Cc2ccc(O)cc2)NC(=O)[C@@H](N)CSSC[C@@H](C(=O)N2CCC[C@H]2C(=O)N[C@@H](CC(C)C)C(=O)NCC(N)=O)NC(=O)[C@H](CC(N)=O)NC(=O)[C@H](CCC(N)=O)NC1=O. The van der Waals surface area contributed by atoms with Crippen molar-refractivity contribution in [3.05, 3.63) is 29.8 Å². The first-order chi connectivity index (χ1) is 35.5. The molecule has 27 heteroatoms. The van der Waals surface area contributed by atoms with Gasteiger partial charge in [-0.2, -0.15) is 0 Å². The van der Waals surface area contributed by atoms with Gasteiger partial charge in [-0.15, -0.1) is 0 Å². The molecule has 0 aromatic heterocycles. The van der Waals surface area contributed by atoms with E-state index in [9.17, 15) is 57.8 Å². The largest absolute Gasteiger partial charge is 0.508 e. The minimum atomic E-state index is -1.75. The molecule has 75 heavy (non-hydrogen) atoms. The van der Waals surface area contributed by atoms with Gasteiger partial charge in [-0.05, 0) is 81.1 Å². The molecule has 1 aromatic carbocycles. The van der Waals surface area contributed by atoms with Crippen LogP contribution < -0.4 is 65.5 Å². The van der Waals surface area contributed by atoms with Crippen molar-refractivity contribution < 1.29 is 57.8 Å². The number of phenols is 1.